The van der Waals surface area contributed by atoms with Gasteiger partial charge in [-0.3, -0.25) is 9.59 Å². The number of carbonyl (C=O) groups is 2. The van der Waals surface area contributed by atoms with Crippen LogP contribution >= 0.6 is 11.8 Å². The summed E-state index contributed by atoms with van der Waals surface area (Å²) in [7, 11) is 0. The van der Waals surface area contributed by atoms with Crippen molar-refractivity contribution >= 4 is 23.7 Å². The zero-order chi connectivity index (χ0) is 25.5. The van der Waals surface area contributed by atoms with Crippen molar-refractivity contribution in [1.29, 1.82) is 0 Å². The lowest BCUT2D eigenvalue weighted by Crippen LogP contribution is -2.58. The molecule has 0 radical (unpaired) electrons. The number of fused-ring (bicyclic) bond motifs is 1. The summed E-state index contributed by atoms with van der Waals surface area (Å²) in [5, 5.41) is 20.7. The summed E-state index contributed by atoms with van der Waals surface area (Å²) in [5.74, 6) is -2.83. The van der Waals surface area contributed by atoms with Crippen LogP contribution in [0.15, 0.2) is 48.5 Å². The Bertz CT molecular complexity index is 1000. The predicted octanol–water partition coefficient (Wildman–Crippen LogP) is 7.49. The van der Waals surface area contributed by atoms with E-state index in [2.05, 4.69) is 6.92 Å². The van der Waals surface area contributed by atoms with E-state index in [1.807, 2.05) is 48.5 Å². The highest BCUT2D eigenvalue weighted by Gasteiger charge is 2.63. The Morgan fingerprint density at radius 2 is 1.25 bits per heavy atom. The number of benzene rings is 2. The molecule has 0 amide bonds. The average molecular weight is 509 g/mol. The Balaban J connectivity index is 1.47. The molecule has 0 aromatic heterocycles. The number of rotatable bonds is 15. The minimum absolute atomic E-state index is 0.426. The van der Waals surface area contributed by atoms with E-state index in [4.69, 9.17) is 0 Å². The zero-order valence-corrected chi connectivity index (χ0v) is 22.3. The summed E-state index contributed by atoms with van der Waals surface area (Å²) in [6.07, 6.45) is 12.9. The highest BCUT2D eigenvalue weighted by molar-refractivity contribution is 7.99. The molecule has 194 valence electrons. The van der Waals surface area contributed by atoms with Gasteiger partial charge in [0, 0.05) is 17.1 Å². The van der Waals surface area contributed by atoms with Crippen LogP contribution in [0.1, 0.15) is 99.3 Å². The maximum Gasteiger partial charge on any atom is 0.308 e. The number of hydrogen-bond donors (Lipinski definition) is 2. The number of carboxylic acid groups (broad SMARTS) is 2. The SMILES string of the molecule is CCCCCCCCCCCCSCC12c3ccccc3C(c3ccccc31)C(C(=O)O)C2C(=O)O. The van der Waals surface area contributed by atoms with Crippen molar-refractivity contribution in [3.05, 3.63) is 70.8 Å². The summed E-state index contributed by atoms with van der Waals surface area (Å²) < 4.78 is 0. The van der Waals surface area contributed by atoms with Crippen molar-refractivity contribution in [2.45, 2.75) is 82.5 Å². The van der Waals surface area contributed by atoms with Gasteiger partial charge in [-0.25, -0.2) is 0 Å². The Hall–Kier alpha value is -2.27. The third kappa shape index (κ3) is 5.09. The van der Waals surface area contributed by atoms with Crippen molar-refractivity contribution in [3.8, 4) is 0 Å². The molecule has 0 fully saturated rings. The molecular weight excluding hydrogens is 468 g/mol. The minimum atomic E-state index is -1.01. The smallest absolute Gasteiger partial charge is 0.308 e. The second-order valence-electron chi connectivity index (χ2n) is 10.5. The molecular formula is C31H40O4S. The molecule has 0 saturated carbocycles. The summed E-state index contributed by atoms with van der Waals surface area (Å²) in [4.78, 5) is 25.3. The van der Waals surface area contributed by atoms with E-state index in [-0.39, 0.29) is 0 Å². The van der Waals surface area contributed by atoms with Crippen LogP contribution in [0, 0.1) is 11.8 Å². The van der Waals surface area contributed by atoms with Crippen LogP contribution in [-0.4, -0.2) is 33.7 Å². The van der Waals surface area contributed by atoms with Gasteiger partial charge in [-0.15, -0.1) is 0 Å². The van der Waals surface area contributed by atoms with E-state index < -0.39 is 35.1 Å². The van der Waals surface area contributed by atoms with Crippen LogP contribution < -0.4 is 0 Å². The summed E-state index contributed by atoms with van der Waals surface area (Å²) in [6, 6.07) is 15.9. The van der Waals surface area contributed by atoms with Gasteiger partial charge in [0.1, 0.15) is 0 Å². The van der Waals surface area contributed by atoms with Gasteiger partial charge >= 0.3 is 11.9 Å². The molecule has 2 aromatic carbocycles. The van der Waals surface area contributed by atoms with E-state index in [1.54, 1.807) is 11.8 Å². The van der Waals surface area contributed by atoms with Gasteiger partial charge in [0.25, 0.3) is 0 Å². The quantitative estimate of drug-likeness (QED) is 0.244. The van der Waals surface area contributed by atoms with E-state index in [0.29, 0.717) is 5.75 Å². The Morgan fingerprint density at radius 1 is 0.750 bits per heavy atom. The standard InChI is InChI=1S/C31H40O4S/c1-2-3-4-5-6-7-8-9-10-15-20-36-21-31-24-18-13-11-16-22(24)26(23-17-12-14-19-25(23)31)27(29(32)33)28(31)30(34)35/h11-14,16-19,26-28H,2-10,15,20-21H2,1H3,(H,32,33)(H,34,35). The lowest BCUT2D eigenvalue weighted by molar-refractivity contribution is -0.158. The van der Waals surface area contributed by atoms with Gasteiger partial charge < -0.3 is 10.2 Å². The van der Waals surface area contributed by atoms with Crippen LogP contribution in [0.4, 0.5) is 0 Å². The van der Waals surface area contributed by atoms with Crippen LogP contribution in [-0.2, 0) is 15.0 Å². The number of thioether (sulfide) groups is 1. The molecule has 36 heavy (non-hydrogen) atoms. The van der Waals surface area contributed by atoms with E-state index in [9.17, 15) is 19.8 Å². The maximum absolute atomic E-state index is 12.7. The molecule has 5 heteroatoms. The van der Waals surface area contributed by atoms with Crippen molar-refractivity contribution in [1.82, 2.24) is 0 Å². The number of hydrogen-bond acceptors (Lipinski definition) is 3. The van der Waals surface area contributed by atoms with Gasteiger partial charge in [-0.2, -0.15) is 11.8 Å². The lowest BCUT2D eigenvalue weighted by atomic mass is 9.47. The van der Waals surface area contributed by atoms with Gasteiger partial charge in [0.15, 0.2) is 0 Å². The zero-order valence-electron chi connectivity index (χ0n) is 21.5. The average Bonchev–Trinajstić information content (AvgIpc) is 2.88. The topological polar surface area (TPSA) is 74.6 Å². The summed E-state index contributed by atoms with van der Waals surface area (Å²) >= 11 is 1.79. The first-order valence-corrected chi connectivity index (χ1v) is 14.9. The van der Waals surface area contributed by atoms with Crippen molar-refractivity contribution < 1.29 is 19.8 Å². The number of aliphatic carboxylic acids is 2. The van der Waals surface area contributed by atoms with Gasteiger partial charge in [0.05, 0.1) is 11.8 Å². The third-order valence-electron chi connectivity index (χ3n) is 8.33. The molecule has 0 saturated heterocycles. The molecule has 3 aliphatic rings. The largest absolute Gasteiger partial charge is 0.481 e. The molecule has 0 spiro atoms. The molecule has 2 atom stereocenters. The molecule has 2 unspecified atom stereocenters. The van der Waals surface area contributed by atoms with Crippen molar-refractivity contribution in [3.63, 3.8) is 0 Å². The Morgan fingerprint density at radius 3 is 1.75 bits per heavy atom. The molecule has 3 aliphatic carbocycles. The van der Waals surface area contributed by atoms with Gasteiger partial charge in [-0.1, -0.05) is 113 Å². The lowest BCUT2D eigenvalue weighted by Gasteiger charge is -2.55. The molecule has 2 aromatic rings. The fourth-order valence-corrected chi connectivity index (χ4v) is 8.07. The highest BCUT2D eigenvalue weighted by atomic mass is 32.2. The first-order valence-electron chi connectivity index (χ1n) is 13.8. The Labute approximate surface area is 219 Å². The van der Waals surface area contributed by atoms with Crippen LogP contribution in [0.2, 0.25) is 0 Å². The second-order valence-corrected chi connectivity index (χ2v) is 11.6. The first-order chi connectivity index (χ1) is 17.5. The minimum Gasteiger partial charge on any atom is -0.481 e. The molecule has 0 heterocycles. The van der Waals surface area contributed by atoms with Crippen molar-refractivity contribution in [2.24, 2.45) is 11.8 Å². The molecule has 4 nitrogen and oxygen atoms in total. The van der Waals surface area contributed by atoms with Crippen LogP contribution in [0.3, 0.4) is 0 Å². The van der Waals surface area contributed by atoms with Gasteiger partial charge in [0.2, 0.25) is 0 Å². The van der Waals surface area contributed by atoms with Crippen LogP contribution in [0.25, 0.3) is 0 Å². The van der Waals surface area contributed by atoms with Crippen molar-refractivity contribution in [2.75, 3.05) is 11.5 Å². The number of unbranched alkanes of at least 4 members (excludes halogenated alkanes) is 9. The first kappa shape index (κ1) is 26.8. The Kier molecular flexibility index (Phi) is 9.16. The maximum atomic E-state index is 12.7. The summed E-state index contributed by atoms with van der Waals surface area (Å²) in [5.41, 5.74) is 3.16. The number of carboxylic acids is 2. The molecule has 2 N–H and O–H groups in total. The normalized spacial score (nSPS) is 23.8. The van der Waals surface area contributed by atoms with Crippen LogP contribution in [0.5, 0.6) is 0 Å². The van der Waals surface area contributed by atoms with E-state index >= 15 is 0 Å². The molecule has 2 bridgehead atoms. The second kappa shape index (κ2) is 12.3. The summed E-state index contributed by atoms with van der Waals surface area (Å²) in [6.45, 7) is 2.25. The van der Waals surface area contributed by atoms with E-state index in [0.717, 1.165) is 34.4 Å². The van der Waals surface area contributed by atoms with Gasteiger partial charge in [-0.05, 0) is 34.4 Å². The predicted molar refractivity (Wildman–Crippen MR) is 147 cm³/mol. The van der Waals surface area contributed by atoms with E-state index in [1.165, 1.54) is 57.8 Å². The fourth-order valence-electron chi connectivity index (χ4n) is 6.70. The molecule has 0 aliphatic heterocycles. The fraction of sp³-hybridized carbons (Fsp3) is 0.548. The monoisotopic (exact) mass is 508 g/mol. The highest BCUT2D eigenvalue weighted by Crippen LogP contribution is 2.62. The third-order valence-corrected chi connectivity index (χ3v) is 9.56. The molecule has 5 rings (SSSR count).